The van der Waals surface area contributed by atoms with E-state index < -0.39 is 0 Å². The fourth-order valence-corrected chi connectivity index (χ4v) is 2.49. The third kappa shape index (κ3) is 4.68. The van der Waals surface area contributed by atoms with Crippen LogP contribution < -0.4 is 0 Å². The molecule has 0 atom stereocenters. The van der Waals surface area contributed by atoms with Gasteiger partial charge in [-0.3, -0.25) is 0 Å². The maximum atomic E-state index is 2.18. The van der Waals surface area contributed by atoms with E-state index in [1.165, 1.54) is 22.4 Å². The highest BCUT2D eigenvalue weighted by molar-refractivity contribution is 5.96. The molecule has 0 aliphatic heterocycles. The first-order valence-electron chi connectivity index (χ1n) is 7.80. The number of hydrogen-bond acceptors (Lipinski definition) is 1. The van der Waals surface area contributed by atoms with Gasteiger partial charge >= 0.3 is 0 Å². The lowest BCUT2D eigenvalue weighted by molar-refractivity contribution is -0.458. The zero-order valence-electron chi connectivity index (χ0n) is 14.4. The summed E-state index contributed by atoms with van der Waals surface area (Å²) in [6.45, 7) is 0. The van der Waals surface area contributed by atoms with Gasteiger partial charge in [0, 0.05) is 25.7 Å². The molecule has 0 radical (unpaired) electrons. The normalized spacial score (nSPS) is 12.0. The fraction of sp³-hybridized carbons (Fsp3) is 0.190. The summed E-state index contributed by atoms with van der Waals surface area (Å²) >= 11 is 0. The first kappa shape index (κ1) is 16.8. The molecule has 0 bridgehead atoms. The predicted molar refractivity (Wildman–Crippen MR) is 101 cm³/mol. The van der Waals surface area contributed by atoms with Gasteiger partial charge < -0.3 is 4.90 Å². The molecule has 0 fully saturated rings. The van der Waals surface area contributed by atoms with Crippen molar-refractivity contribution in [2.45, 2.75) is 0 Å². The molecular weight excluding hydrogens is 280 g/mol. The van der Waals surface area contributed by atoms with Crippen LogP contribution in [0.5, 0.6) is 0 Å². The third-order valence-corrected chi connectivity index (χ3v) is 3.48. The van der Waals surface area contributed by atoms with Crippen LogP contribution in [-0.4, -0.2) is 43.9 Å². The number of nitrogens with zero attached hydrogens (tertiary/aromatic N) is 2. The second-order valence-corrected chi connectivity index (χ2v) is 5.86. The third-order valence-electron chi connectivity index (χ3n) is 3.48. The second-order valence-electron chi connectivity index (χ2n) is 5.86. The summed E-state index contributed by atoms with van der Waals surface area (Å²) < 4.78 is 2.04. The Balaban J connectivity index is 2.65. The summed E-state index contributed by atoms with van der Waals surface area (Å²) in [4.78, 5) is 2.18. The zero-order valence-corrected chi connectivity index (χ0v) is 14.4. The van der Waals surface area contributed by atoms with Crippen molar-refractivity contribution in [2.24, 2.45) is 0 Å². The molecule has 0 saturated carbocycles. The SMILES string of the molecule is CN(C)/C(=C(/C=C/C=[N+](C)C)c1ccccc1)c1ccccc1. The van der Waals surface area contributed by atoms with Crippen molar-refractivity contribution in [3.63, 3.8) is 0 Å². The number of hydrogen-bond donors (Lipinski definition) is 0. The molecule has 0 aliphatic rings. The van der Waals surface area contributed by atoms with Gasteiger partial charge in [-0.1, -0.05) is 60.7 Å². The quantitative estimate of drug-likeness (QED) is 0.350. The van der Waals surface area contributed by atoms with Crippen LogP contribution in [0.1, 0.15) is 11.1 Å². The van der Waals surface area contributed by atoms with Crippen LogP contribution in [0.4, 0.5) is 0 Å². The van der Waals surface area contributed by atoms with Crippen LogP contribution in [0.3, 0.4) is 0 Å². The number of rotatable bonds is 5. The first-order chi connectivity index (χ1) is 11.1. The summed E-state index contributed by atoms with van der Waals surface area (Å²) in [5.74, 6) is 0. The zero-order chi connectivity index (χ0) is 16.7. The van der Waals surface area contributed by atoms with E-state index >= 15 is 0 Å². The highest BCUT2D eigenvalue weighted by atomic mass is 15.1. The van der Waals surface area contributed by atoms with Crippen LogP contribution in [0.15, 0.2) is 72.8 Å². The van der Waals surface area contributed by atoms with Gasteiger partial charge in [0.25, 0.3) is 0 Å². The lowest BCUT2D eigenvalue weighted by Crippen LogP contribution is -2.12. The molecule has 0 unspecified atom stereocenters. The largest absolute Gasteiger partial charge is 0.377 e. The van der Waals surface area contributed by atoms with Crippen LogP contribution in [0, 0.1) is 0 Å². The van der Waals surface area contributed by atoms with Crippen LogP contribution in [0.2, 0.25) is 0 Å². The van der Waals surface area contributed by atoms with Crippen molar-refractivity contribution in [1.82, 2.24) is 4.90 Å². The molecule has 0 spiro atoms. The Morgan fingerprint density at radius 2 is 1.35 bits per heavy atom. The van der Waals surface area contributed by atoms with Gasteiger partial charge in [0.2, 0.25) is 0 Å². The molecule has 2 heteroatoms. The first-order valence-corrected chi connectivity index (χ1v) is 7.80. The fourth-order valence-electron chi connectivity index (χ4n) is 2.49. The van der Waals surface area contributed by atoms with E-state index in [2.05, 4.69) is 98.0 Å². The standard InChI is InChI=1S/C21H25N2/c1-22(2)17-11-16-20(18-12-7-5-8-13-18)21(23(3)4)19-14-9-6-10-15-19/h5-17H,1-4H3/q+1. The van der Waals surface area contributed by atoms with Gasteiger partial charge in [0.1, 0.15) is 14.1 Å². The van der Waals surface area contributed by atoms with Gasteiger partial charge in [-0.05, 0) is 17.2 Å². The van der Waals surface area contributed by atoms with Gasteiger partial charge in [-0.15, -0.1) is 0 Å². The van der Waals surface area contributed by atoms with E-state index in [1.54, 1.807) is 0 Å². The molecule has 2 aromatic rings. The molecule has 23 heavy (non-hydrogen) atoms. The second kappa shape index (κ2) is 8.14. The van der Waals surface area contributed by atoms with Gasteiger partial charge in [0.05, 0.1) is 5.70 Å². The van der Waals surface area contributed by atoms with E-state index in [0.717, 1.165) is 0 Å². The summed E-state index contributed by atoms with van der Waals surface area (Å²) in [5.41, 5.74) is 4.84. The highest BCUT2D eigenvalue weighted by Gasteiger charge is 2.11. The summed E-state index contributed by atoms with van der Waals surface area (Å²) in [5, 5.41) is 0. The lowest BCUT2D eigenvalue weighted by atomic mass is 9.98. The minimum absolute atomic E-state index is 1.21. The van der Waals surface area contributed by atoms with Crippen molar-refractivity contribution >= 4 is 17.5 Å². The summed E-state index contributed by atoms with van der Waals surface area (Å²) in [6, 6.07) is 21.0. The molecule has 0 heterocycles. The molecule has 0 N–H and O–H groups in total. The summed E-state index contributed by atoms with van der Waals surface area (Å²) in [6.07, 6.45) is 6.33. The van der Waals surface area contributed by atoms with Crippen molar-refractivity contribution in [2.75, 3.05) is 28.2 Å². The maximum absolute atomic E-state index is 2.18. The molecule has 0 saturated heterocycles. The molecule has 2 nitrogen and oxygen atoms in total. The van der Waals surface area contributed by atoms with E-state index in [1.807, 2.05) is 18.7 Å². The lowest BCUT2D eigenvalue weighted by Gasteiger charge is -2.21. The van der Waals surface area contributed by atoms with Crippen LogP contribution >= 0.6 is 0 Å². The van der Waals surface area contributed by atoms with E-state index in [9.17, 15) is 0 Å². The van der Waals surface area contributed by atoms with Crippen molar-refractivity contribution in [1.29, 1.82) is 0 Å². The molecule has 0 amide bonds. The maximum Gasteiger partial charge on any atom is 0.162 e. The Morgan fingerprint density at radius 1 is 0.826 bits per heavy atom. The Morgan fingerprint density at radius 3 is 1.83 bits per heavy atom. The Hall–Kier alpha value is -2.61. The van der Waals surface area contributed by atoms with Crippen molar-refractivity contribution in [3.8, 4) is 0 Å². The monoisotopic (exact) mass is 305 g/mol. The summed E-state index contributed by atoms with van der Waals surface area (Å²) in [7, 11) is 8.24. The van der Waals surface area contributed by atoms with Crippen molar-refractivity contribution < 1.29 is 4.58 Å². The molecule has 0 aromatic heterocycles. The highest BCUT2D eigenvalue weighted by Crippen LogP contribution is 2.28. The van der Waals surface area contributed by atoms with Gasteiger partial charge in [-0.25, -0.2) is 4.58 Å². The molecule has 2 rings (SSSR count). The molecular formula is C21H25N2+. The minimum atomic E-state index is 1.21. The topological polar surface area (TPSA) is 6.25 Å². The van der Waals surface area contributed by atoms with Gasteiger partial charge in [0.15, 0.2) is 6.21 Å². The Bertz CT molecular complexity index is 704. The average molecular weight is 305 g/mol. The minimum Gasteiger partial charge on any atom is -0.377 e. The number of benzene rings is 2. The molecule has 0 aliphatic carbocycles. The molecule has 2 aromatic carbocycles. The number of allylic oxidation sites excluding steroid dienone is 3. The van der Waals surface area contributed by atoms with Crippen LogP contribution in [-0.2, 0) is 0 Å². The smallest absolute Gasteiger partial charge is 0.162 e. The van der Waals surface area contributed by atoms with Crippen LogP contribution in [0.25, 0.3) is 11.3 Å². The Labute approximate surface area is 139 Å². The van der Waals surface area contributed by atoms with Gasteiger partial charge in [-0.2, -0.15) is 0 Å². The van der Waals surface area contributed by atoms with Crippen molar-refractivity contribution in [3.05, 3.63) is 83.9 Å². The average Bonchev–Trinajstić information content (AvgIpc) is 2.55. The predicted octanol–water partition coefficient (Wildman–Crippen LogP) is 4.02. The van der Waals surface area contributed by atoms with E-state index in [0.29, 0.717) is 0 Å². The van der Waals surface area contributed by atoms with E-state index in [4.69, 9.17) is 0 Å². The van der Waals surface area contributed by atoms with E-state index in [-0.39, 0.29) is 0 Å². The Kier molecular flexibility index (Phi) is 5.93. The molecule has 118 valence electrons.